The van der Waals surface area contributed by atoms with Crippen LogP contribution in [-0.4, -0.2) is 28.8 Å². The first-order valence-electron chi connectivity index (χ1n) is 10.8. The van der Waals surface area contributed by atoms with E-state index < -0.39 is 17.1 Å². The Balaban J connectivity index is 1.86. The van der Waals surface area contributed by atoms with E-state index in [0.717, 1.165) is 27.5 Å². The lowest BCUT2D eigenvalue weighted by Gasteiger charge is -2.28. The molecule has 4 rings (SSSR count). The molecular formula is C26H29NO4S. The van der Waals surface area contributed by atoms with Gasteiger partial charge in [0, 0.05) is 17.4 Å². The lowest BCUT2D eigenvalue weighted by Crippen LogP contribution is -2.40. The number of aliphatic hydroxyl groups is 1. The molecule has 3 aromatic rings. The molecule has 0 fully saturated rings. The largest absolute Gasteiger partial charge is 0.488 e. The monoisotopic (exact) mass is 451 g/mol. The number of benzene rings is 3. The normalized spacial score (nSPS) is 18.0. The molecule has 2 atom stereocenters. The predicted molar refractivity (Wildman–Crippen MR) is 131 cm³/mol. The van der Waals surface area contributed by atoms with Crippen molar-refractivity contribution in [3.8, 4) is 5.75 Å². The minimum atomic E-state index is -0.651. The molecule has 32 heavy (non-hydrogen) atoms. The van der Waals surface area contributed by atoms with Gasteiger partial charge in [0.2, 0.25) is 0 Å². The van der Waals surface area contributed by atoms with Gasteiger partial charge < -0.3 is 14.6 Å². The Morgan fingerprint density at radius 2 is 1.84 bits per heavy atom. The molecule has 1 amide bonds. The fourth-order valence-corrected chi connectivity index (χ4v) is 4.70. The molecule has 1 aliphatic rings. The van der Waals surface area contributed by atoms with Gasteiger partial charge in [0.1, 0.15) is 18.0 Å². The van der Waals surface area contributed by atoms with Crippen molar-refractivity contribution in [1.82, 2.24) is 0 Å². The van der Waals surface area contributed by atoms with Crippen molar-refractivity contribution < 1.29 is 19.4 Å². The summed E-state index contributed by atoms with van der Waals surface area (Å²) in [5, 5.41) is 11.6. The van der Waals surface area contributed by atoms with Crippen molar-refractivity contribution >= 4 is 35.2 Å². The summed E-state index contributed by atoms with van der Waals surface area (Å²) in [5.41, 5.74) is 3.02. The third kappa shape index (κ3) is 4.17. The van der Waals surface area contributed by atoms with E-state index in [2.05, 4.69) is 0 Å². The average molecular weight is 452 g/mol. The SMILES string of the molecule is Cc1cccc2c(OCc3ccccc3)cc3c(c12)[C@H](CO)C(S)N3C(=O)OC(C)(C)C. The second-order valence-electron chi connectivity index (χ2n) is 9.13. The maximum absolute atomic E-state index is 13.1. The van der Waals surface area contributed by atoms with Crippen molar-refractivity contribution in [2.75, 3.05) is 11.5 Å². The average Bonchev–Trinajstić information content (AvgIpc) is 3.02. The smallest absolute Gasteiger partial charge is 0.415 e. The Labute approximate surface area is 194 Å². The van der Waals surface area contributed by atoms with Crippen molar-refractivity contribution in [1.29, 1.82) is 0 Å². The molecule has 0 saturated heterocycles. The van der Waals surface area contributed by atoms with Crippen LogP contribution in [0.3, 0.4) is 0 Å². The standard InChI is InChI=1S/C26H29NO4S/c1-16-9-8-12-18-21(30-15-17-10-6-5-7-11-17)13-20-23(22(16)18)19(14-28)24(32)27(20)25(29)31-26(2,3)4/h5-13,19,24,28,32H,14-15H2,1-4H3/t19-,24?/m0/s1. The number of aryl methyl sites for hydroxylation is 1. The molecule has 1 heterocycles. The van der Waals surface area contributed by atoms with E-state index in [1.807, 2.05) is 82.3 Å². The number of anilines is 1. The van der Waals surface area contributed by atoms with Crippen LogP contribution in [0.2, 0.25) is 0 Å². The van der Waals surface area contributed by atoms with E-state index in [1.165, 1.54) is 4.90 Å². The second-order valence-corrected chi connectivity index (χ2v) is 9.66. The quantitative estimate of drug-likeness (QED) is 0.491. The molecule has 5 nitrogen and oxygen atoms in total. The van der Waals surface area contributed by atoms with Crippen LogP contribution in [0.25, 0.3) is 10.8 Å². The molecule has 0 spiro atoms. The first-order valence-corrected chi connectivity index (χ1v) is 11.3. The van der Waals surface area contributed by atoms with E-state index in [0.29, 0.717) is 18.0 Å². The zero-order chi connectivity index (χ0) is 23.0. The Kier molecular flexibility index (Phi) is 6.10. The number of fused-ring (bicyclic) bond motifs is 3. The van der Waals surface area contributed by atoms with E-state index in [1.54, 1.807) is 0 Å². The predicted octanol–water partition coefficient (Wildman–Crippen LogP) is 5.81. The van der Waals surface area contributed by atoms with E-state index in [-0.39, 0.29) is 12.5 Å². The van der Waals surface area contributed by atoms with Crippen LogP contribution >= 0.6 is 12.6 Å². The first kappa shape index (κ1) is 22.5. The Morgan fingerprint density at radius 3 is 2.50 bits per heavy atom. The molecule has 1 N–H and O–H groups in total. The van der Waals surface area contributed by atoms with Crippen LogP contribution in [0, 0.1) is 6.92 Å². The molecule has 3 aromatic carbocycles. The Morgan fingerprint density at radius 1 is 1.12 bits per heavy atom. The Bertz CT molecular complexity index is 1140. The summed E-state index contributed by atoms with van der Waals surface area (Å²) in [4.78, 5) is 14.7. The summed E-state index contributed by atoms with van der Waals surface area (Å²) in [7, 11) is 0. The van der Waals surface area contributed by atoms with Gasteiger partial charge in [-0.25, -0.2) is 4.79 Å². The van der Waals surface area contributed by atoms with Gasteiger partial charge in [-0.1, -0.05) is 48.5 Å². The lowest BCUT2D eigenvalue weighted by atomic mass is 9.92. The molecule has 6 heteroatoms. The molecule has 168 valence electrons. The number of ether oxygens (including phenoxy) is 2. The summed E-state index contributed by atoms with van der Waals surface area (Å²) in [5.74, 6) is 0.339. The van der Waals surface area contributed by atoms with Gasteiger partial charge in [0.25, 0.3) is 0 Å². The van der Waals surface area contributed by atoms with Crippen molar-refractivity contribution in [2.24, 2.45) is 0 Å². The summed E-state index contributed by atoms with van der Waals surface area (Å²) in [6.07, 6.45) is -0.489. The van der Waals surface area contributed by atoms with Gasteiger partial charge in [-0.15, -0.1) is 0 Å². The van der Waals surface area contributed by atoms with Crippen molar-refractivity contribution in [3.05, 3.63) is 71.3 Å². The summed E-state index contributed by atoms with van der Waals surface area (Å²) < 4.78 is 11.9. The highest BCUT2D eigenvalue weighted by atomic mass is 32.1. The van der Waals surface area contributed by atoms with Crippen LogP contribution in [0.1, 0.15) is 43.4 Å². The highest BCUT2D eigenvalue weighted by Gasteiger charge is 2.43. The molecule has 0 radical (unpaired) electrons. The highest BCUT2D eigenvalue weighted by molar-refractivity contribution is 7.81. The maximum atomic E-state index is 13.1. The number of amides is 1. The van der Waals surface area contributed by atoms with E-state index >= 15 is 0 Å². The van der Waals surface area contributed by atoms with Crippen LogP contribution in [0.4, 0.5) is 10.5 Å². The number of hydrogen-bond donors (Lipinski definition) is 2. The minimum absolute atomic E-state index is 0.131. The van der Waals surface area contributed by atoms with Gasteiger partial charge in [0.05, 0.1) is 17.7 Å². The second kappa shape index (κ2) is 8.68. The molecular weight excluding hydrogens is 422 g/mol. The molecule has 0 aromatic heterocycles. The number of thiol groups is 1. The molecule has 1 aliphatic heterocycles. The zero-order valence-corrected chi connectivity index (χ0v) is 19.7. The van der Waals surface area contributed by atoms with Crippen LogP contribution < -0.4 is 9.64 Å². The molecule has 0 bridgehead atoms. The van der Waals surface area contributed by atoms with Crippen LogP contribution in [0.5, 0.6) is 5.75 Å². The number of rotatable bonds is 4. The molecule has 1 unspecified atom stereocenters. The zero-order valence-electron chi connectivity index (χ0n) is 18.8. The first-order chi connectivity index (χ1) is 15.2. The number of hydrogen-bond acceptors (Lipinski definition) is 5. The summed E-state index contributed by atoms with van der Waals surface area (Å²) >= 11 is 4.72. The number of carbonyl (C=O) groups is 1. The fraction of sp³-hybridized carbons (Fsp3) is 0.346. The van der Waals surface area contributed by atoms with Gasteiger partial charge in [0.15, 0.2) is 0 Å². The van der Waals surface area contributed by atoms with Gasteiger partial charge in [-0.05, 0) is 49.8 Å². The minimum Gasteiger partial charge on any atom is -0.488 e. The highest BCUT2D eigenvalue weighted by Crippen LogP contribution is 2.50. The van der Waals surface area contributed by atoms with Gasteiger partial charge >= 0.3 is 6.09 Å². The fourth-order valence-electron chi connectivity index (χ4n) is 4.24. The van der Waals surface area contributed by atoms with Crippen LogP contribution in [0.15, 0.2) is 54.6 Å². The third-order valence-corrected chi connectivity index (χ3v) is 6.22. The topological polar surface area (TPSA) is 59.0 Å². The van der Waals surface area contributed by atoms with E-state index in [4.69, 9.17) is 22.1 Å². The van der Waals surface area contributed by atoms with E-state index in [9.17, 15) is 9.90 Å². The van der Waals surface area contributed by atoms with Gasteiger partial charge in [-0.3, -0.25) is 4.90 Å². The van der Waals surface area contributed by atoms with Crippen LogP contribution in [-0.2, 0) is 11.3 Å². The maximum Gasteiger partial charge on any atom is 0.415 e. The van der Waals surface area contributed by atoms with Crippen molar-refractivity contribution in [3.63, 3.8) is 0 Å². The Hall–Kier alpha value is -2.70. The summed E-state index contributed by atoms with van der Waals surface area (Å²) in [6, 6.07) is 17.9. The van der Waals surface area contributed by atoms with Gasteiger partial charge in [-0.2, -0.15) is 12.6 Å². The number of carbonyl (C=O) groups excluding carboxylic acids is 1. The number of aliphatic hydroxyl groups excluding tert-OH is 1. The third-order valence-electron chi connectivity index (χ3n) is 5.63. The molecule has 0 aliphatic carbocycles. The number of nitrogens with zero attached hydrogens (tertiary/aromatic N) is 1. The molecule has 0 saturated carbocycles. The van der Waals surface area contributed by atoms with Crippen molar-refractivity contribution in [2.45, 2.75) is 51.2 Å². The lowest BCUT2D eigenvalue weighted by molar-refractivity contribution is 0.0576. The summed E-state index contributed by atoms with van der Waals surface area (Å²) in [6.45, 7) is 7.80.